The molecule has 1 saturated carbocycles. The summed E-state index contributed by atoms with van der Waals surface area (Å²) < 4.78 is 0. The Labute approximate surface area is 56.4 Å². The van der Waals surface area contributed by atoms with E-state index in [1.54, 1.807) is 0 Å². The second kappa shape index (κ2) is 2.51. The van der Waals surface area contributed by atoms with Crippen LogP contribution in [0.15, 0.2) is 0 Å². The van der Waals surface area contributed by atoms with Crippen molar-refractivity contribution in [3.63, 3.8) is 0 Å². The van der Waals surface area contributed by atoms with Gasteiger partial charge in [-0.15, -0.1) is 0 Å². The number of carbonyl (C=O) groups is 1. The van der Waals surface area contributed by atoms with Crippen molar-refractivity contribution in [1.29, 1.82) is 0 Å². The number of hydrogen-bond donors (Lipinski definition) is 0. The molecule has 1 rings (SSSR count). The number of rotatable bonds is 0. The first kappa shape index (κ1) is 6.79. The second-order valence-corrected chi connectivity index (χ2v) is 3.25. The Morgan fingerprint density at radius 2 is 2.11 bits per heavy atom. The van der Waals surface area contributed by atoms with Crippen LogP contribution in [0.3, 0.4) is 0 Å². The highest BCUT2D eigenvalue weighted by atomic mass is 16.1. The van der Waals surface area contributed by atoms with E-state index in [1.807, 2.05) is 6.92 Å². The molecular formula is C8H14O. The molecule has 0 saturated heterocycles. The van der Waals surface area contributed by atoms with E-state index in [-0.39, 0.29) is 0 Å². The zero-order valence-corrected chi connectivity index (χ0v) is 6.18. The SMILES string of the molecule is C[C@@H]1CCC(=O)[C@H](C)C1. The summed E-state index contributed by atoms with van der Waals surface area (Å²) in [5.41, 5.74) is 0. The van der Waals surface area contributed by atoms with Crippen molar-refractivity contribution in [2.75, 3.05) is 0 Å². The van der Waals surface area contributed by atoms with Crippen LogP contribution < -0.4 is 0 Å². The van der Waals surface area contributed by atoms with E-state index in [4.69, 9.17) is 0 Å². The fraction of sp³-hybridized carbons (Fsp3) is 0.875. The lowest BCUT2D eigenvalue weighted by molar-refractivity contribution is -0.124. The minimum atomic E-state index is 0.341. The van der Waals surface area contributed by atoms with E-state index < -0.39 is 0 Å². The summed E-state index contributed by atoms with van der Waals surface area (Å²) in [4.78, 5) is 10.9. The van der Waals surface area contributed by atoms with Crippen LogP contribution in [0.2, 0.25) is 0 Å². The summed E-state index contributed by atoms with van der Waals surface area (Å²) in [5, 5.41) is 0. The molecule has 0 bridgehead atoms. The van der Waals surface area contributed by atoms with Crippen molar-refractivity contribution in [2.24, 2.45) is 11.8 Å². The fourth-order valence-electron chi connectivity index (χ4n) is 1.49. The molecule has 0 N–H and O–H groups in total. The Balaban J connectivity index is 2.44. The van der Waals surface area contributed by atoms with Crippen LogP contribution in [0, 0.1) is 11.8 Å². The van der Waals surface area contributed by atoms with Gasteiger partial charge in [0.15, 0.2) is 0 Å². The lowest BCUT2D eigenvalue weighted by Crippen LogP contribution is -2.20. The van der Waals surface area contributed by atoms with Gasteiger partial charge in [0.05, 0.1) is 0 Å². The molecule has 52 valence electrons. The van der Waals surface area contributed by atoms with E-state index in [9.17, 15) is 4.79 Å². The summed E-state index contributed by atoms with van der Waals surface area (Å²) in [7, 11) is 0. The molecule has 1 heteroatoms. The average Bonchev–Trinajstić information content (AvgIpc) is 1.80. The molecule has 0 spiro atoms. The van der Waals surface area contributed by atoms with Gasteiger partial charge in [-0.05, 0) is 18.8 Å². The molecule has 1 nitrogen and oxygen atoms in total. The van der Waals surface area contributed by atoms with E-state index >= 15 is 0 Å². The van der Waals surface area contributed by atoms with E-state index in [0.29, 0.717) is 11.7 Å². The first-order valence-corrected chi connectivity index (χ1v) is 3.73. The van der Waals surface area contributed by atoms with Crippen molar-refractivity contribution in [2.45, 2.75) is 33.1 Å². The highest BCUT2D eigenvalue weighted by Crippen LogP contribution is 2.24. The molecule has 1 fully saturated rings. The van der Waals surface area contributed by atoms with Crippen LogP contribution in [0.5, 0.6) is 0 Å². The molecule has 1 aliphatic rings. The summed E-state index contributed by atoms with van der Waals surface area (Å²) in [5.74, 6) is 1.58. The van der Waals surface area contributed by atoms with Crippen molar-refractivity contribution in [1.82, 2.24) is 0 Å². The van der Waals surface area contributed by atoms with Gasteiger partial charge >= 0.3 is 0 Å². The Hall–Kier alpha value is -0.330. The molecule has 0 amide bonds. The Kier molecular flexibility index (Phi) is 1.89. The smallest absolute Gasteiger partial charge is 0.135 e. The van der Waals surface area contributed by atoms with Crippen LogP contribution in [0.4, 0.5) is 0 Å². The summed E-state index contributed by atoms with van der Waals surface area (Å²) >= 11 is 0. The molecule has 0 aromatic carbocycles. The summed E-state index contributed by atoms with van der Waals surface area (Å²) in [6, 6.07) is 0. The Morgan fingerprint density at radius 1 is 1.44 bits per heavy atom. The molecule has 2 atom stereocenters. The van der Waals surface area contributed by atoms with Gasteiger partial charge in [0.25, 0.3) is 0 Å². The van der Waals surface area contributed by atoms with Gasteiger partial charge in [0, 0.05) is 12.3 Å². The molecule has 0 heterocycles. The van der Waals surface area contributed by atoms with Crippen molar-refractivity contribution in [3.8, 4) is 0 Å². The zero-order chi connectivity index (χ0) is 6.85. The lowest BCUT2D eigenvalue weighted by Gasteiger charge is -2.21. The van der Waals surface area contributed by atoms with Gasteiger partial charge in [-0.1, -0.05) is 13.8 Å². The monoisotopic (exact) mass is 126 g/mol. The minimum absolute atomic E-state index is 0.341. The first-order chi connectivity index (χ1) is 4.20. The van der Waals surface area contributed by atoms with Gasteiger partial charge in [-0.25, -0.2) is 0 Å². The Bertz CT molecular complexity index is 118. The first-order valence-electron chi connectivity index (χ1n) is 3.73. The quantitative estimate of drug-likeness (QED) is 0.485. The lowest BCUT2D eigenvalue weighted by atomic mass is 9.83. The van der Waals surface area contributed by atoms with Crippen LogP contribution in [0.1, 0.15) is 33.1 Å². The minimum Gasteiger partial charge on any atom is -0.299 e. The third-order valence-electron chi connectivity index (χ3n) is 2.19. The van der Waals surface area contributed by atoms with Crippen molar-refractivity contribution >= 4 is 5.78 Å². The molecule has 1 aliphatic carbocycles. The predicted molar refractivity (Wildman–Crippen MR) is 37.2 cm³/mol. The number of hydrogen-bond acceptors (Lipinski definition) is 1. The number of carbonyl (C=O) groups excluding carboxylic acids is 1. The topological polar surface area (TPSA) is 17.1 Å². The van der Waals surface area contributed by atoms with Crippen LogP contribution in [0.25, 0.3) is 0 Å². The van der Waals surface area contributed by atoms with E-state index in [2.05, 4.69) is 6.92 Å². The number of Topliss-reactive ketones (excluding diaryl/α,β-unsaturated/α-hetero) is 1. The highest BCUT2D eigenvalue weighted by molar-refractivity contribution is 5.81. The molecule has 0 radical (unpaired) electrons. The van der Waals surface area contributed by atoms with Crippen LogP contribution in [-0.2, 0) is 4.79 Å². The van der Waals surface area contributed by atoms with Gasteiger partial charge in [0.2, 0.25) is 0 Å². The zero-order valence-electron chi connectivity index (χ0n) is 6.18. The van der Waals surface area contributed by atoms with Crippen molar-refractivity contribution < 1.29 is 4.79 Å². The Morgan fingerprint density at radius 3 is 2.56 bits per heavy atom. The van der Waals surface area contributed by atoms with Crippen LogP contribution in [-0.4, -0.2) is 5.78 Å². The second-order valence-electron chi connectivity index (χ2n) is 3.25. The number of ketones is 1. The van der Waals surface area contributed by atoms with Crippen LogP contribution >= 0.6 is 0 Å². The maximum absolute atomic E-state index is 10.9. The van der Waals surface area contributed by atoms with Crippen molar-refractivity contribution in [3.05, 3.63) is 0 Å². The molecule has 9 heavy (non-hydrogen) atoms. The van der Waals surface area contributed by atoms with Gasteiger partial charge in [-0.3, -0.25) is 4.79 Å². The molecule has 0 aromatic rings. The standard InChI is InChI=1S/C8H14O/c1-6-3-4-8(9)7(2)5-6/h6-7H,3-5H2,1-2H3/t6-,7-/m1/s1. The molecule has 0 aliphatic heterocycles. The maximum Gasteiger partial charge on any atom is 0.135 e. The third-order valence-corrected chi connectivity index (χ3v) is 2.19. The largest absolute Gasteiger partial charge is 0.299 e. The summed E-state index contributed by atoms with van der Waals surface area (Å²) in [6.07, 6.45) is 3.05. The highest BCUT2D eigenvalue weighted by Gasteiger charge is 2.21. The average molecular weight is 126 g/mol. The maximum atomic E-state index is 10.9. The van der Waals surface area contributed by atoms with Gasteiger partial charge < -0.3 is 0 Å². The molecular weight excluding hydrogens is 112 g/mol. The van der Waals surface area contributed by atoms with E-state index in [0.717, 1.165) is 25.2 Å². The molecule has 0 aromatic heterocycles. The fourth-order valence-corrected chi connectivity index (χ4v) is 1.49. The van der Waals surface area contributed by atoms with Gasteiger partial charge in [-0.2, -0.15) is 0 Å². The summed E-state index contributed by atoms with van der Waals surface area (Å²) in [6.45, 7) is 4.26. The predicted octanol–water partition coefficient (Wildman–Crippen LogP) is 2.01. The third kappa shape index (κ3) is 1.54. The van der Waals surface area contributed by atoms with E-state index in [1.165, 1.54) is 0 Å². The van der Waals surface area contributed by atoms with Gasteiger partial charge in [0.1, 0.15) is 5.78 Å². The molecule has 0 unspecified atom stereocenters. The normalized spacial score (nSPS) is 36.9.